The molecule has 0 atom stereocenters. The first-order valence-electron chi connectivity index (χ1n) is 8.74. The molecule has 3 aromatic rings. The number of benzene rings is 2. The van der Waals surface area contributed by atoms with Gasteiger partial charge in [0.15, 0.2) is 5.78 Å². The van der Waals surface area contributed by atoms with Crippen molar-refractivity contribution in [1.82, 2.24) is 4.98 Å². The molecule has 4 heteroatoms. The van der Waals surface area contributed by atoms with E-state index in [9.17, 15) is 9.90 Å². The Morgan fingerprint density at radius 2 is 1.60 bits per heavy atom. The van der Waals surface area contributed by atoms with E-state index in [1.165, 1.54) is 0 Å². The number of aromatic nitrogens is 1. The van der Waals surface area contributed by atoms with Crippen molar-refractivity contribution < 1.29 is 9.90 Å². The van der Waals surface area contributed by atoms with Crippen LogP contribution in [0.5, 0.6) is 0 Å². The van der Waals surface area contributed by atoms with E-state index in [4.69, 9.17) is 4.98 Å². The van der Waals surface area contributed by atoms with Gasteiger partial charge in [0.1, 0.15) is 5.82 Å². The van der Waals surface area contributed by atoms with Gasteiger partial charge >= 0.3 is 0 Å². The summed E-state index contributed by atoms with van der Waals surface area (Å²) in [6, 6.07) is 15.7. The van der Waals surface area contributed by atoms with Crippen LogP contribution in [0.15, 0.2) is 48.5 Å². The zero-order chi connectivity index (χ0) is 17.0. The molecule has 5 rings (SSSR count). The normalized spacial score (nSPS) is 17.0. The Hall–Kier alpha value is -2.72. The molecule has 1 aromatic heterocycles. The summed E-state index contributed by atoms with van der Waals surface area (Å²) in [4.78, 5) is 20.2. The minimum absolute atomic E-state index is 0.0856. The fraction of sp³-hybridized carbons (Fsp3) is 0.238. The Morgan fingerprint density at radius 3 is 2.40 bits per heavy atom. The van der Waals surface area contributed by atoms with Crippen LogP contribution < -0.4 is 4.90 Å². The van der Waals surface area contributed by atoms with Gasteiger partial charge in [0, 0.05) is 35.2 Å². The summed E-state index contributed by atoms with van der Waals surface area (Å²) in [6.45, 7) is 1.52. The SMILES string of the molecule is O=C1c2ccccc2-c2c(N3CCC(O)CC3)nc3ccccc3c21. The van der Waals surface area contributed by atoms with E-state index in [1.807, 2.05) is 48.5 Å². The first-order chi connectivity index (χ1) is 12.2. The Morgan fingerprint density at radius 1 is 0.920 bits per heavy atom. The maximum absolute atomic E-state index is 13.1. The third kappa shape index (κ3) is 2.11. The van der Waals surface area contributed by atoms with Gasteiger partial charge in [-0.2, -0.15) is 0 Å². The van der Waals surface area contributed by atoms with Crippen molar-refractivity contribution in [2.24, 2.45) is 0 Å². The first-order valence-corrected chi connectivity index (χ1v) is 8.74. The number of carbonyl (C=O) groups excluding carboxylic acids is 1. The zero-order valence-corrected chi connectivity index (χ0v) is 13.8. The van der Waals surface area contributed by atoms with Crippen LogP contribution in [0.3, 0.4) is 0 Å². The molecule has 0 spiro atoms. The fourth-order valence-corrected chi connectivity index (χ4v) is 4.03. The Kier molecular flexibility index (Phi) is 3.15. The average Bonchev–Trinajstić information content (AvgIpc) is 2.96. The molecule has 4 nitrogen and oxygen atoms in total. The van der Waals surface area contributed by atoms with Crippen LogP contribution in [0.4, 0.5) is 5.82 Å². The number of rotatable bonds is 1. The highest BCUT2D eigenvalue weighted by Gasteiger charge is 2.34. The molecule has 2 heterocycles. The van der Waals surface area contributed by atoms with E-state index >= 15 is 0 Å². The van der Waals surface area contributed by atoms with E-state index in [-0.39, 0.29) is 11.9 Å². The van der Waals surface area contributed by atoms with E-state index < -0.39 is 0 Å². The molecule has 1 aliphatic carbocycles. The summed E-state index contributed by atoms with van der Waals surface area (Å²) in [5.41, 5.74) is 4.31. The van der Waals surface area contributed by atoms with Gasteiger partial charge in [-0.25, -0.2) is 4.98 Å². The molecule has 0 saturated carbocycles. The molecule has 1 fully saturated rings. The van der Waals surface area contributed by atoms with Crippen molar-refractivity contribution in [3.63, 3.8) is 0 Å². The molecule has 2 aromatic carbocycles. The lowest BCUT2D eigenvalue weighted by Gasteiger charge is -2.32. The molecule has 0 amide bonds. The van der Waals surface area contributed by atoms with Gasteiger partial charge in [0.2, 0.25) is 0 Å². The van der Waals surface area contributed by atoms with E-state index in [0.717, 1.165) is 64.9 Å². The lowest BCUT2D eigenvalue weighted by molar-refractivity contribution is 0.104. The van der Waals surface area contributed by atoms with Crippen LogP contribution in [-0.4, -0.2) is 35.1 Å². The van der Waals surface area contributed by atoms with Gasteiger partial charge < -0.3 is 10.0 Å². The molecule has 25 heavy (non-hydrogen) atoms. The predicted octanol–water partition coefficient (Wildman–Crippen LogP) is 3.41. The number of anilines is 1. The number of pyridine rings is 1. The molecule has 1 N–H and O–H groups in total. The van der Waals surface area contributed by atoms with Gasteiger partial charge in [-0.05, 0) is 24.5 Å². The van der Waals surface area contributed by atoms with Crippen LogP contribution in [0, 0.1) is 0 Å². The summed E-state index contributed by atoms with van der Waals surface area (Å²) in [6.07, 6.45) is 1.23. The molecule has 0 bridgehead atoms. The van der Waals surface area contributed by atoms with Crippen molar-refractivity contribution in [2.45, 2.75) is 18.9 Å². The second-order valence-electron chi connectivity index (χ2n) is 6.80. The third-order valence-electron chi connectivity index (χ3n) is 5.31. The van der Waals surface area contributed by atoms with Crippen LogP contribution in [-0.2, 0) is 0 Å². The maximum atomic E-state index is 13.1. The van der Waals surface area contributed by atoms with E-state index in [2.05, 4.69) is 4.90 Å². The lowest BCUT2D eigenvalue weighted by Crippen LogP contribution is -2.36. The van der Waals surface area contributed by atoms with Crippen LogP contribution in [0.2, 0.25) is 0 Å². The summed E-state index contributed by atoms with van der Waals surface area (Å²) in [7, 11) is 0. The molecule has 2 aliphatic rings. The third-order valence-corrected chi connectivity index (χ3v) is 5.31. The highest BCUT2D eigenvalue weighted by atomic mass is 16.3. The number of hydrogen-bond acceptors (Lipinski definition) is 4. The minimum Gasteiger partial charge on any atom is -0.393 e. The highest BCUT2D eigenvalue weighted by Crippen LogP contribution is 2.45. The molecule has 124 valence electrons. The monoisotopic (exact) mass is 330 g/mol. The number of aliphatic hydroxyl groups is 1. The number of carbonyl (C=O) groups is 1. The highest BCUT2D eigenvalue weighted by molar-refractivity contribution is 6.28. The molecular weight excluding hydrogens is 312 g/mol. The van der Waals surface area contributed by atoms with E-state index in [1.54, 1.807) is 0 Å². The van der Waals surface area contributed by atoms with Gasteiger partial charge in [-0.15, -0.1) is 0 Å². The smallest absolute Gasteiger partial charge is 0.195 e. The standard InChI is InChI=1S/C21H18N2O2/c24-13-9-11-23(12-10-13)21-19-14-5-1-2-6-15(14)20(25)18(19)16-7-3-4-8-17(16)22-21/h1-8,13,24H,9-12H2. The van der Waals surface area contributed by atoms with Crippen molar-refractivity contribution in [3.05, 3.63) is 59.7 Å². The van der Waals surface area contributed by atoms with Crippen molar-refractivity contribution in [2.75, 3.05) is 18.0 Å². The van der Waals surface area contributed by atoms with Gasteiger partial charge in [0.25, 0.3) is 0 Å². The largest absolute Gasteiger partial charge is 0.393 e. The maximum Gasteiger partial charge on any atom is 0.195 e. The van der Waals surface area contributed by atoms with Gasteiger partial charge in [-0.3, -0.25) is 4.79 Å². The van der Waals surface area contributed by atoms with Crippen molar-refractivity contribution in [1.29, 1.82) is 0 Å². The summed E-state index contributed by atoms with van der Waals surface area (Å²) in [5.74, 6) is 0.960. The quantitative estimate of drug-likeness (QED) is 0.581. The van der Waals surface area contributed by atoms with E-state index in [0.29, 0.717) is 0 Å². The molecule has 0 unspecified atom stereocenters. The topological polar surface area (TPSA) is 53.4 Å². The fourth-order valence-electron chi connectivity index (χ4n) is 4.03. The Bertz CT molecular complexity index is 1000. The second kappa shape index (κ2) is 5.39. The van der Waals surface area contributed by atoms with Crippen LogP contribution >= 0.6 is 0 Å². The number of para-hydroxylation sites is 1. The Labute approximate surface area is 145 Å². The number of ketones is 1. The van der Waals surface area contributed by atoms with Crippen LogP contribution in [0.1, 0.15) is 28.8 Å². The predicted molar refractivity (Wildman–Crippen MR) is 98.1 cm³/mol. The molecule has 1 saturated heterocycles. The number of aliphatic hydroxyl groups excluding tert-OH is 1. The summed E-state index contributed by atoms with van der Waals surface area (Å²) in [5, 5.41) is 10.8. The molecule has 0 radical (unpaired) electrons. The molecular formula is C21H18N2O2. The zero-order valence-electron chi connectivity index (χ0n) is 13.8. The minimum atomic E-state index is -0.237. The number of fused-ring (bicyclic) bond motifs is 5. The first kappa shape index (κ1) is 14.6. The van der Waals surface area contributed by atoms with Crippen LogP contribution in [0.25, 0.3) is 22.0 Å². The van der Waals surface area contributed by atoms with Gasteiger partial charge in [-0.1, -0.05) is 42.5 Å². The summed E-state index contributed by atoms with van der Waals surface area (Å²) < 4.78 is 0. The average molecular weight is 330 g/mol. The lowest BCUT2D eigenvalue weighted by atomic mass is 10.0. The number of nitrogens with zero attached hydrogens (tertiary/aromatic N) is 2. The number of piperidine rings is 1. The number of hydrogen-bond donors (Lipinski definition) is 1. The molecule has 1 aliphatic heterocycles. The Balaban J connectivity index is 1.81. The van der Waals surface area contributed by atoms with Crippen molar-refractivity contribution in [3.8, 4) is 11.1 Å². The van der Waals surface area contributed by atoms with Crippen molar-refractivity contribution >= 4 is 22.5 Å². The second-order valence-corrected chi connectivity index (χ2v) is 6.80. The summed E-state index contributed by atoms with van der Waals surface area (Å²) >= 11 is 0. The van der Waals surface area contributed by atoms with Gasteiger partial charge in [0.05, 0.1) is 11.6 Å².